The Morgan fingerprint density at radius 1 is 0.216 bits per heavy atom. The Balaban J connectivity index is 1.15. The van der Waals surface area contributed by atoms with Gasteiger partial charge in [0.2, 0.25) is 0 Å². The standard InChI is InChI=1S/C48H31N3/c1-2-14-34(15-3-1)49-47-27-25-33(32-13-12-16-35(29-32)50-43-21-8-4-17-37(43)38-18-5-9-22-44(38)50)30-41(47)42-31-36(26-28-48(42)49)51-45-23-10-6-19-39(45)40-20-7-11-24-46(40)51/h1-31H. The van der Waals surface area contributed by atoms with E-state index in [0.717, 1.165) is 17.1 Å². The predicted octanol–water partition coefficient (Wildman–Crippen LogP) is 12.6. The van der Waals surface area contributed by atoms with Crippen molar-refractivity contribution in [3.05, 3.63) is 188 Å². The van der Waals surface area contributed by atoms with E-state index < -0.39 is 0 Å². The van der Waals surface area contributed by atoms with Crippen LogP contribution in [-0.2, 0) is 0 Å². The van der Waals surface area contributed by atoms with E-state index in [4.69, 9.17) is 0 Å². The summed E-state index contributed by atoms with van der Waals surface area (Å²) in [6.07, 6.45) is 0. The number of hydrogen-bond donors (Lipinski definition) is 0. The number of aromatic nitrogens is 3. The number of fused-ring (bicyclic) bond motifs is 9. The molecule has 0 aliphatic rings. The molecule has 3 heterocycles. The van der Waals surface area contributed by atoms with Gasteiger partial charge in [-0.25, -0.2) is 0 Å². The summed E-state index contributed by atoms with van der Waals surface area (Å²) in [5.41, 5.74) is 13.1. The maximum Gasteiger partial charge on any atom is 0.0542 e. The first-order chi connectivity index (χ1) is 25.3. The van der Waals surface area contributed by atoms with Crippen LogP contribution in [0, 0.1) is 0 Å². The Kier molecular flexibility index (Phi) is 5.96. The minimum Gasteiger partial charge on any atom is -0.309 e. The summed E-state index contributed by atoms with van der Waals surface area (Å²) in [6, 6.07) is 68.5. The summed E-state index contributed by atoms with van der Waals surface area (Å²) in [7, 11) is 0. The van der Waals surface area contributed by atoms with Crippen molar-refractivity contribution in [1.29, 1.82) is 0 Å². The number of hydrogen-bond acceptors (Lipinski definition) is 0. The van der Waals surface area contributed by atoms with Gasteiger partial charge in [-0.1, -0.05) is 109 Å². The van der Waals surface area contributed by atoms with Crippen LogP contribution in [0.5, 0.6) is 0 Å². The van der Waals surface area contributed by atoms with E-state index in [0.29, 0.717) is 0 Å². The van der Waals surface area contributed by atoms with E-state index in [1.54, 1.807) is 0 Å². The second-order valence-corrected chi connectivity index (χ2v) is 13.4. The van der Waals surface area contributed by atoms with Crippen LogP contribution in [0.4, 0.5) is 0 Å². The number of para-hydroxylation sites is 5. The van der Waals surface area contributed by atoms with Gasteiger partial charge in [-0.15, -0.1) is 0 Å². The van der Waals surface area contributed by atoms with E-state index in [1.165, 1.54) is 76.5 Å². The molecule has 0 aliphatic heterocycles. The summed E-state index contributed by atoms with van der Waals surface area (Å²) in [4.78, 5) is 0. The van der Waals surface area contributed by atoms with Gasteiger partial charge in [-0.05, 0) is 90.0 Å². The Bertz CT molecular complexity index is 3030. The summed E-state index contributed by atoms with van der Waals surface area (Å²) < 4.78 is 7.21. The van der Waals surface area contributed by atoms with Crippen LogP contribution in [0.15, 0.2) is 188 Å². The molecule has 0 saturated heterocycles. The average molecular weight is 650 g/mol. The zero-order chi connectivity index (χ0) is 33.5. The topological polar surface area (TPSA) is 14.8 Å². The molecule has 0 aliphatic carbocycles. The summed E-state index contributed by atoms with van der Waals surface area (Å²) in [6.45, 7) is 0. The maximum atomic E-state index is 2.41. The smallest absolute Gasteiger partial charge is 0.0542 e. The summed E-state index contributed by atoms with van der Waals surface area (Å²) >= 11 is 0. The first-order valence-corrected chi connectivity index (χ1v) is 17.5. The molecule has 0 saturated carbocycles. The Hall–Kier alpha value is -6.84. The van der Waals surface area contributed by atoms with E-state index in [9.17, 15) is 0 Å². The normalized spacial score (nSPS) is 11.9. The molecule has 238 valence electrons. The molecule has 3 nitrogen and oxygen atoms in total. The van der Waals surface area contributed by atoms with Crippen LogP contribution < -0.4 is 0 Å². The van der Waals surface area contributed by atoms with Gasteiger partial charge in [0.1, 0.15) is 0 Å². The van der Waals surface area contributed by atoms with Gasteiger partial charge in [0.25, 0.3) is 0 Å². The molecule has 0 fully saturated rings. The SMILES string of the molecule is c1ccc(-n2c3ccc(-c4cccc(-n5c6ccccc6c6ccccc65)c4)cc3c3cc(-n4c5ccccc5c5ccccc54)ccc32)cc1. The monoisotopic (exact) mass is 649 g/mol. The minimum atomic E-state index is 1.16. The lowest BCUT2D eigenvalue weighted by atomic mass is 10.0. The molecule has 3 heteroatoms. The molecule has 8 aromatic carbocycles. The van der Waals surface area contributed by atoms with Crippen LogP contribution in [0.1, 0.15) is 0 Å². The number of benzene rings is 8. The van der Waals surface area contributed by atoms with Crippen molar-refractivity contribution in [2.45, 2.75) is 0 Å². The van der Waals surface area contributed by atoms with E-state index >= 15 is 0 Å². The zero-order valence-electron chi connectivity index (χ0n) is 27.7. The van der Waals surface area contributed by atoms with Crippen molar-refractivity contribution in [2.75, 3.05) is 0 Å². The molecular formula is C48H31N3. The minimum absolute atomic E-state index is 1.16. The van der Waals surface area contributed by atoms with Crippen molar-refractivity contribution < 1.29 is 0 Å². The predicted molar refractivity (Wildman–Crippen MR) is 215 cm³/mol. The van der Waals surface area contributed by atoms with Crippen molar-refractivity contribution in [3.63, 3.8) is 0 Å². The quantitative estimate of drug-likeness (QED) is 0.180. The largest absolute Gasteiger partial charge is 0.309 e. The third kappa shape index (κ3) is 4.12. The highest BCUT2D eigenvalue weighted by Gasteiger charge is 2.18. The van der Waals surface area contributed by atoms with Crippen LogP contribution in [-0.4, -0.2) is 13.7 Å². The van der Waals surface area contributed by atoms with Gasteiger partial charge in [-0.2, -0.15) is 0 Å². The highest BCUT2D eigenvalue weighted by Crippen LogP contribution is 2.39. The van der Waals surface area contributed by atoms with Crippen molar-refractivity contribution >= 4 is 65.4 Å². The fraction of sp³-hybridized carbons (Fsp3) is 0. The van der Waals surface area contributed by atoms with Gasteiger partial charge in [0, 0.05) is 49.4 Å². The van der Waals surface area contributed by atoms with Gasteiger partial charge >= 0.3 is 0 Å². The van der Waals surface area contributed by atoms with Gasteiger partial charge < -0.3 is 13.7 Å². The van der Waals surface area contributed by atoms with Crippen molar-refractivity contribution in [3.8, 4) is 28.2 Å². The number of rotatable bonds is 4. The number of nitrogens with zero attached hydrogens (tertiary/aromatic N) is 3. The highest BCUT2D eigenvalue weighted by molar-refractivity contribution is 6.13. The molecule has 0 atom stereocenters. The second kappa shape index (κ2) is 10.8. The van der Waals surface area contributed by atoms with E-state index in [2.05, 4.69) is 202 Å². The molecular weight excluding hydrogens is 619 g/mol. The third-order valence-electron chi connectivity index (χ3n) is 10.6. The fourth-order valence-electron chi connectivity index (χ4n) is 8.41. The van der Waals surface area contributed by atoms with Crippen molar-refractivity contribution in [1.82, 2.24) is 13.7 Å². The summed E-state index contributed by atoms with van der Waals surface area (Å²) in [5.74, 6) is 0. The van der Waals surface area contributed by atoms with E-state index in [-0.39, 0.29) is 0 Å². The molecule has 0 unspecified atom stereocenters. The van der Waals surface area contributed by atoms with Crippen LogP contribution in [0.25, 0.3) is 93.6 Å². The Morgan fingerprint density at radius 3 is 1.18 bits per heavy atom. The Morgan fingerprint density at radius 2 is 0.608 bits per heavy atom. The lowest BCUT2D eigenvalue weighted by molar-refractivity contribution is 1.16. The average Bonchev–Trinajstić information content (AvgIpc) is 3.83. The lowest BCUT2D eigenvalue weighted by Crippen LogP contribution is -1.95. The molecule has 0 N–H and O–H groups in total. The molecule has 0 spiro atoms. The lowest BCUT2D eigenvalue weighted by Gasteiger charge is -2.11. The van der Waals surface area contributed by atoms with Gasteiger partial charge in [0.05, 0.1) is 33.1 Å². The fourth-order valence-corrected chi connectivity index (χ4v) is 8.41. The van der Waals surface area contributed by atoms with Gasteiger partial charge in [-0.3, -0.25) is 0 Å². The maximum absolute atomic E-state index is 2.41. The van der Waals surface area contributed by atoms with Crippen LogP contribution >= 0.6 is 0 Å². The summed E-state index contributed by atoms with van der Waals surface area (Å²) in [5, 5.41) is 7.54. The molecule has 0 amide bonds. The zero-order valence-corrected chi connectivity index (χ0v) is 27.7. The molecule has 0 bridgehead atoms. The molecule has 51 heavy (non-hydrogen) atoms. The first-order valence-electron chi connectivity index (χ1n) is 17.5. The first kappa shape index (κ1) is 28.0. The van der Waals surface area contributed by atoms with Gasteiger partial charge in [0.15, 0.2) is 0 Å². The highest BCUT2D eigenvalue weighted by atomic mass is 15.0. The van der Waals surface area contributed by atoms with Crippen LogP contribution in [0.2, 0.25) is 0 Å². The third-order valence-corrected chi connectivity index (χ3v) is 10.6. The van der Waals surface area contributed by atoms with E-state index in [1.807, 2.05) is 0 Å². The second-order valence-electron chi connectivity index (χ2n) is 13.4. The Labute approximate surface area is 294 Å². The van der Waals surface area contributed by atoms with Crippen LogP contribution in [0.3, 0.4) is 0 Å². The molecule has 3 aromatic heterocycles. The van der Waals surface area contributed by atoms with Crippen molar-refractivity contribution in [2.24, 2.45) is 0 Å². The molecule has 11 aromatic rings. The molecule has 0 radical (unpaired) electrons. The molecule has 11 rings (SSSR count).